The first kappa shape index (κ1) is 37.4. The second-order valence-electron chi connectivity index (χ2n) is 9.24. The molecule has 0 saturated heterocycles. The van der Waals surface area contributed by atoms with Crippen molar-refractivity contribution in [2.45, 2.75) is 82.1 Å². The number of carboxylic acid groups (broad SMARTS) is 2. The van der Waals surface area contributed by atoms with Crippen molar-refractivity contribution in [3.8, 4) is 0 Å². The van der Waals surface area contributed by atoms with Crippen molar-refractivity contribution in [3.63, 3.8) is 0 Å². The Morgan fingerprint density at radius 3 is 1.76 bits per heavy atom. The van der Waals surface area contributed by atoms with Crippen LogP contribution in [-0.4, -0.2) is 101 Å². The summed E-state index contributed by atoms with van der Waals surface area (Å²) in [4.78, 5) is 73.8. The third-order valence-corrected chi connectivity index (χ3v) is 6.13. The van der Waals surface area contributed by atoms with Crippen molar-refractivity contribution >= 4 is 54.2 Å². The van der Waals surface area contributed by atoms with Gasteiger partial charge in [-0.15, -0.1) is 0 Å². The molecule has 18 heteroatoms. The van der Waals surface area contributed by atoms with E-state index in [0.717, 1.165) is 0 Å². The van der Waals surface area contributed by atoms with Gasteiger partial charge in [0.2, 0.25) is 23.6 Å². The number of hydrogen-bond donors (Lipinski definition) is 12. The molecular weight excluding hydrogens is 562 g/mol. The van der Waals surface area contributed by atoms with Crippen LogP contribution in [0.25, 0.3) is 0 Å². The highest BCUT2D eigenvalue weighted by atomic mass is 32.1. The highest BCUT2D eigenvalue weighted by Crippen LogP contribution is 2.07. The monoisotopic (exact) mass is 605 g/mol. The number of carbonyl (C=O) groups is 6. The first-order valence-electron chi connectivity index (χ1n) is 13.0. The second kappa shape index (κ2) is 20.3. The van der Waals surface area contributed by atoms with Crippen molar-refractivity contribution in [3.05, 3.63) is 0 Å². The average molecular weight is 606 g/mol. The van der Waals surface area contributed by atoms with Crippen molar-refractivity contribution < 1.29 is 39.0 Å². The standard InChI is InChI=1S/C23H43N9O8S/c1-12(22(39)40)29-19(36)14(5-2-3-9-24)31-21(38)16(7-8-17(33)34)32-20(37)15(6-4-10-28-23(26)27)30-18(35)13(25)11-41/h12-16,41H,2-11,24-25H2,1H3,(H,29,36)(H,30,35)(H,31,38)(H,32,37)(H,33,34)(H,39,40)(H4,26,27,28)/t12-,13-,14-,15-,16-/m0/s1. The van der Waals surface area contributed by atoms with E-state index >= 15 is 0 Å². The molecule has 0 aromatic rings. The molecule has 4 amide bonds. The molecule has 0 fully saturated rings. The van der Waals surface area contributed by atoms with Gasteiger partial charge >= 0.3 is 11.9 Å². The summed E-state index contributed by atoms with van der Waals surface area (Å²) in [6.07, 6.45) is 0.482. The van der Waals surface area contributed by atoms with Gasteiger partial charge in [-0.3, -0.25) is 34.2 Å². The molecule has 0 aliphatic heterocycles. The minimum atomic E-state index is -1.42. The van der Waals surface area contributed by atoms with Crippen molar-refractivity contribution in [2.24, 2.45) is 17.2 Å². The van der Waals surface area contributed by atoms with E-state index in [1.165, 1.54) is 6.92 Å². The maximum atomic E-state index is 13.2. The Balaban J connectivity index is 5.83. The molecule has 0 radical (unpaired) electrons. The van der Waals surface area contributed by atoms with Gasteiger partial charge in [0.05, 0.1) is 6.04 Å². The van der Waals surface area contributed by atoms with Gasteiger partial charge in [0.1, 0.15) is 24.2 Å². The lowest BCUT2D eigenvalue weighted by molar-refractivity contribution is -0.141. The number of hydrogen-bond acceptors (Lipinski definition) is 10. The Kier molecular flexibility index (Phi) is 18.5. The number of rotatable bonds is 21. The molecule has 0 heterocycles. The molecule has 0 aliphatic carbocycles. The summed E-state index contributed by atoms with van der Waals surface area (Å²) in [5, 5.41) is 37.7. The molecule has 0 aliphatic rings. The number of thiol groups is 1. The largest absolute Gasteiger partial charge is 0.481 e. The second-order valence-corrected chi connectivity index (χ2v) is 9.61. The molecule has 234 valence electrons. The van der Waals surface area contributed by atoms with Gasteiger partial charge in [-0.05, 0) is 52.0 Å². The summed E-state index contributed by atoms with van der Waals surface area (Å²) < 4.78 is 0. The number of aliphatic carboxylic acids is 2. The molecule has 17 nitrogen and oxygen atoms in total. The molecule has 0 saturated carbocycles. The van der Waals surface area contributed by atoms with Crippen LogP contribution in [0, 0.1) is 5.41 Å². The van der Waals surface area contributed by atoms with Crippen LogP contribution in [0.2, 0.25) is 0 Å². The van der Waals surface area contributed by atoms with Gasteiger partial charge in [0.25, 0.3) is 0 Å². The zero-order valence-corrected chi connectivity index (χ0v) is 23.9. The van der Waals surface area contributed by atoms with Crippen molar-refractivity contribution in [2.75, 3.05) is 18.8 Å². The Morgan fingerprint density at radius 2 is 1.29 bits per heavy atom. The Bertz CT molecular complexity index is 924. The summed E-state index contributed by atoms with van der Waals surface area (Å²) in [6.45, 7) is 1.76. The molecule has 14 N–H and O–H groups in total. The van der Waals surface area contributed by atoms with Gasteiger partial charge in [-0.25, -0.2) is 0 Å². The molecular formula is C23H43N9O8S. The van der Waals surface area contributed by atoms with E-state index < -0.39 is 72.2 Å². The highest BCUT2D eigenvalue weighted by molar-refractivity contribution is 7.80. The molecule has 41 heavy (non-hydrogen) atoms. The van der Waals surface area contributed by atoms with Gasteiger partial charge in [0, 0.05) is 18.7 Å². The van der Waals surface area contributed by atoms with Gasteiger partial charge < -0.3 is 54.0 Å². The Morgan fingerprint density at radius 1 is 0.805 bits per heavy atom. The maximum absolute atomic E-state index is 13.2. The van der Waals surface area contributed by atoms with Crippen LogP contribution in [-0.2, 0) is 28.8 Å². The number of carboxylic acids is 2. The molecule has 0 spiro atoms. The zero-order chi connectivity index (χ0) is 31.5. The maximum Gasteiger partial charge on any atom is 0.325 e. The number of amides is 4. The zero-order valence-electron chi connectivity index (χ0n) is 23.0. The van der Waals surface area contributed by atoms with Gasteiger partial charge in [-0.2, -0.15) is 12.6 Å². The third-order valence-electron chi connectivity index (χ3n) is 5.74. The average Bonchev–Trinajstić information content (AvgIpc) is 2.90. The summed E-state index contributed by atoms with van der Waals surface area (Å²) in [5.74, 6) is -6.00. The number of guanidine groups is 1. The molecule has 5 atom stereocenters. The minimum absolute atomic E-state index is 0.0101. The minimum Gasteiger partial charge on any atom is -0.481 e. The van der Waals surface area contributed by atoms with E-state index in [9.17, 15) is 28.8 Å². The predicted molar refractivity (Wildman–Crippen MR) is 152 cm³/mol. The first-order chi connectivity index (χ1) is 19.2. The van der Waals surface area contributed by atoms with E-state index in [1.54, 1.807) is 0 Å². The fourth-order valence-electron chi connectivity index (χ4n) is 3.38. The summed E-state index contributed by atoms with van der Waals surface area (Å²) in [5.41, 5.74) is 16.4. The lowest BCUT2D eigenvalue weighted by Gasteiger charge is -2.26. The first-order valence-corrected chi connectivity index (χ1v) is 13.7. The van der Waals surface area contributed by atoms with E-state index in [4.69, 9.17) is 32.8 Å². The van der Waals surface area contributed by atoms with Crippen LogP contribution in [0.15, 0.2) is 0 Å². The SMILES string of the molecule is C[C@H](NC(=O)[C@H](CCCCN)NC(=O)[C@H](CCC(=O)O)NC(=O)[C@H](CCCNC(=N)N)NC(=O)[C@@H](N)CS)C(=O)O. The lowest BCUT2D eigenvalue weighted by Crippen LogP contribution is -2.58. The van der Waals surface area contributed by atoms with Crippen LogP contribution in [0.4, 0.5) is 0 Å². The van der Waals surface area contributed by atoms with E-state index in [0.29, 0.717) is 19.4 Å². The summed E-state index contributed by atoms with van der Waals surface area (Å²) in [6, 6.07) is -6.09. The summed E-state index contributed by atoms with van der Waals surface area (Å²) >= 11 is 3.96. The summed E-state index contributed by atoms with van der Waals surface area (Å²) in [7, 11) is 0. The Hall–Kier alpha value is -3.64. The fourth-order valence-corrected chi connectivity index (χ4v) is 3.54. The van der Waals surface area contributed by atoms with E-state index in [-0.39, 0.29) is 43.9 Å². The van der Waals surface area contributed by atoms with Crippen molar-refractivity contribution in [1.29, 1.82) is 5.41 Å². The van der Waals surface area contributed by atoms with Crippen LogP contribution in [0.1, 0.15) is 51.9 Å². The lowest BCUT2D eigenvalue weighted by atomic mass is 10.0. The molecule has 0 bridgehead atoms. The molecule has 0 unspecified atom stereocenters. The van der Waals surface area contributed by atoms with E-state index in [1.807, 2.05) is 0 Å². The number of unbranched alkanes of at least 4 members (excludes halogenated alkanes) is 1. The Labute approximate surface area is 243 Å². The molecule has 0 aromatic heterocycles. The van der Waals surface area contributed by atoms with Crippen LogP contribution in [0.3, 0.4) is 0 Å². The van der Waals surface area contributed by atoms with Crippen molar-refractivity contribution in [1.82, 2.24) is 26.6 Å². The number of carbonyl (C=O) groups excluding carboxylic acids is 4. The topological polar surface area (TPSA) is 305 Å². The smallest absolute Gasteiger partial charge is 0.325 e. The predicted octanol–water partition coefficient (Wildman–Crippen LogP) is -3.46. The normalized spacial score (nSPS) is 14.3. The van der Waals surface area contributed by atoms with Crippen LogP contribution < -0.4 is 43.8 Å². The van der Waals surface area contributed by atoms with Gasteiger partial charge in [0.15, 0.2) is 5.96 Å². The van der Waals surface area contributed by atoms with E-state index in [2.05, 4.69) is 39.2 Å². The molecule has 0 aromatic carbocycles. The fraction of sp³-hybridized carbons (Fsp3) is 0.696. The third kappa shape index (κ3) is 16.3. The quantitative estimate of drug-likeness (QED) is 0.0263. The number of nitrogens with one attached hydrogen (secondary N) is 6. The van der Waals surface area contributed by atoms with Crippen LogP contribution >= 0.6 is 12.6 Å². The number of nitrogens with two attached hydrogens (primary N) is 3. The highest BCUT2D eigenvalue weighted by Gasteiger charge is 2.31. The van der Waals surface area contributed by atoms with Gasteiger partial charge in [-0.1, -0.05) is 0 Å². The molecule has 0 rings (SSSR count). The van der Waals surface area contributed by atoms with Crippen LogP contribution in [0.5, 0.6) is 0 Å².